The van der Waals surface area contributed by atoms with Crippen LogP contribution >= 0.6 is 0 Å². The maximum atomic E-state index is 9.78. The summed E-state index contributed by atoms with van der Waals surface area (Å²) in [7, 11) is 0. The molecule has 1 aromatic carbocycles. The first kappa shape index (κ1) is 11.9. The number of phenolic OH excluding ortho intramolecular Hbond substituents is 1. The zero-order valence-electron chi connectivity index (χ0n) is 9.70. The number of aromatic hydroxyl groups is 1. The van der Waals surface area contributed by atoms with Crippen molar-refractivity contribution in [3.63, 3.8) is 0 Å². The Morgan fingerprint density at radius 1 is 1.33 bits per heavy atom. The number of nitrogens with one attached hydrogen (secondary N) is 1. The third-order valence-corrected chi connectivity index (χ3v) is 2.64. The molecule has 0 fully saturated rings. The summed E-state index contributed by atoms with van der Waals surface area (Å²) in [5.74, 6) is 0.258. The van der Waals surface area contributed by atoms with Crippen molar-refractivity contribution in [1.82, 2.24) is 0 Å². The predicted octanol–water partition coefficient (Wildman–Crippen LogP) is 2.27. The Labute approximate surface area is 90.8 Å². The Hall–Kier alpha value is -1.22. The number of aliphatic hydroxyl groups is 1. The quantitative estimate of drug-likeness (QED) is 0.669. The molecule has 3 nitrogen and oxygen atoms in total. The fourth-order valence-electron chi connectivity index (χ4n) is 1.22. The number of rotatable bonds is 3. The second kappa shape index (κ2) is 4.11. The molecule has 0 heterocycles. The molecule has 0 spiro atoms. The van der Waals surface area contributed by atoms with Gasteiger partial charge in [0.25, 0.3) is 0 Å². The van der Waals surface area contributed by atoms with E-state index in [9.17, 15) is 10.2 Å². The Kier molecular flexibility index (Phi) is 3.25. The van der Waals surface area contributed by atoms with Gasteiger partial charge in [0, 0.05) is 5.69 Å². The summed E-state index contributed by atoms with van der Waals surface area (Å²) in [6.07, 6.45) is 0. The lowest BCUT2D eigenvalue weighted by atomic mass is 10.00. The van der Waals surface area contributed by atoms with Crippen LogP contribution in [0.2, 0.25) is 0 Å². The average Bonchev–Trinajstić information content (AvgIpc) is 2.08. The van der Waals surface area contributed by atoms with Gasteiger partial charge in [0.1, 0.15) is 5.75 Å². The highest BCUT2D eigenvalue weighted by Crippen LogP contribution is 2.22. The summed E-state index contributed by atoms with van der Waals surface area (Å²) < 4.78 is 0. The van der Waals surface area contributed by atoms with Gasteiger partial charge < -0.3 is 15.5 Å². The van der Waals surface area contributed by atoms with E-state index in [0.717, 1.165) is 11.3 Å². The van der Waals surface area contributed by atoms with Crippen LogP contribution in [-0.4, -0.2) is 21.9 Å². The summed E-state index contributed by atoms with van der Waals surface area (Å²) in [6.45, 7) is 7.37. The van der Waals surface area contributed by atoms with Gasteiger partial charge in [-0.05, 0) is 51.5 Å². The van der Waals surface area contributed by atoms with Gasteiger partial charge in [-0.2, -0.15) is 0 Å². The molecule has 15 heavy (non-hydrogen) atoms. The van der Waals surface area contributed by atoms with Gasteiger partial charge in [-0.1, -0.05) is 0 Å². The highest BCUT2D eigenvalue weighted by atomic mass is 16.3. The van der Waals surface area contributed by atoms with Gasteiger partial charge in [0.15, 0.2) is 0 Å². The fourth-order valence-corrected chi connectivity index (χ4v) is 1.22. The maximum absolute atomic E-state index is 9.78. The summed E-state index contributed by atoms with van der Waals surface area (Å²) in [5.41, 5.74) is 1.12. The molecule has 1 unspecified atom stereocenters. The molecular formula is C12H19NO2. The minimum atomic E-state index is -0.773. The van der Waals surface area contributed by atoms with E-state index in [4.69, 9.17) is 0 Å². The van der Waals surface area contributed by atoms with Crippen molar-refractivity contribution in [1.29, 1.82) is 0 Å². The number of benzene rings is 1. The highest BCUT2D eigenvalue weighted by Gasteiger charge is 2.22. The Morgan fingerprint density at radius 3 is 2.40 bits per heavy atom. The highest BCUT2D eigenvalue weighted by molar-refractivity contribution is 5.54. The Morgan fingerprint density at radius 2 is 1.93 bits per heavy atom. The molecular weight excluding hydrogens is 190 g/mol. The van der Waals surface area contributed by atoms with Gasteiger partial charge >= 0.3 is 0 Å². The van der Waals surface area contributed by atoms with Crippen LogP contribution in [0.1, 0.15) is 26.3 Å². The van der Waals surface area contributed by atoms with Crippen LogP contribution in [0.3, 0.4) is 0 Å². The predicted molar refractivity (Wildman–Crippen MR) is 62.2 cm³/mol. The van der Waals surface area contributed by atoms with Crippen LogP contribution in [-0.2, 0) is 0 Å². The first-order valence-corrected chi connectivity index (χ1v) is 5.09. The van der Waals surface area contributed by atoms with E-state index >= 15 is 0 Å². The van der Waals surface area contributed by atoms with Crippen molar-refractivity contribution in [2.75, 3.05) is 5.32 Å². The Balaban J connectivity index is 2.82. The molecule has 1 rings (SSSR count). The molecule has 0 aliphatic rings. The summed E-state index contributed by atoms with van der Waals surface area (Å²) >= 11 is 0. The zero-order chi connectivity index (χ0) is 11.6. The number of phenols is 1. The lowest BCUT2D eigenvalue weighted by molar-refractivity contribution is 0.0649. The van der Waals surface area contributed by atoms with Crippen molar-refractivity contribution in [2.45, 2.75) is 39.3 Å². The molecule has 84 valence electrons. The van der Waals surface area contributed by atoms with Gasteiger partial charge in [-0.15, -0.1) is 0 Å². The molecule has 3 N–H and O–H groups in total. The van der Waals surface area contributed by atoms with E-state index in [1.165, 1.54) is 0 Å². The van der Waals surface area contributed by atoms with E-state index in [2.05, 4.69) is 5.32 Å². The molecule has 0 radical (unpaired) electrons. The van der Waals surface area contributed by atoms with E-state index in [-0.39, 0.29) is 11.8 Å². The zero-order valence-corrected chi connectivity index (χ0v) is 9.70. The molecule has 0 saturated carbocycles. The smallest absolute Gasteiger partial charge is 0.115 e. The molecule has 0 bridgehead atoms. The minimum Gasteiger partial charge on any atom is -0.508 e. The van der Waals surface area contributed by atoms with E-state index < -0.39 is 5.60 Å². The van der Waals surface area contributed by atoms with Crippen LogP contribution in [0.5, 0.6) is 5.75 Å². The number of hydrogen-bond acceptors (Lipinski definition) is 3. The number of hydrogen-bond donors (Lipinski definition) is 3. The molecule has 0 aliphatic carbocycles. The van der Waals surface area contributed by atoms with Gasteiger partial charge in [-0.25, -0.2) is 0 Å². The van der Waals surface area contributed by atoms with Crippen LogP contribution < -0.4 is 5.32 Å². The van der Waals surface area contributed by atoms with Crippen molar-refractivity contribution in [2.24, 2.45) is 0 Å². The van der Waals surface area contributed by atoms with Crippen molar-refractivity contribution >= 4 is 5.69 Å². The Bertz CT molecular complexity index is 342. The summed E-state index contributed by atoms with van der Waals surface area (Å²) in [5, 5.41) is 22.3. The SMILES string of the molecule is Cc1cc(O)ccc1NC(C)C(C)(C)O. The normalized spacial score (nSPS) is 13.7. The van der Waals surface area contributed by atoms with Crippen molar-refractivity contribution in [3.05, 3.63) is 23.8 Å². The first-order chi connectivity index (χ1) is 6.80. The molecule has 1 atom stereocenters. The van der Waals surface area contributed by atoms with Crippen LogP contribution in [0.4, 0.5) is 5.69 Å². The van der Waals surface area contributed by atoms with Gasteiger partial charge in [0.05, 0.1) is 11.6 Å². The van der Waals surface area contributed by atoms with E-state index in [0.29, 0.717) is 0 Å². The van der Waals surface area contributed by atoms with E-state index in [1.807, 2.05) is 19.9 Å². The average molecular weight is 209 g/mol. The summed E-state index contributed by atoms with van der Waals surface area (Å²) in [6, 6.07) is 5.08. The summed E-state index contributed by atoms with van der Waals surface area (Å²) in [4.78, 5) is 0. The third kappa shape index (κ3) is 3.13. The maximum Gasteiger partial charge on any atom is 0.115 e. The van der Waals surface area contributed by atoms with Crippen LogP contribution in [0, 0.1) is 6.92 Å². The fraction of sp³-hybridized carbons (Fsp3) is 0.500. The molecule has 0 aliphatic heterocycles. The lowest BCUT2D eigenvalue weighted by Gasteiger charge is -2.28. The largest absolute Gasteiger partial charge is 0.508 e. The topological polar surface area (TPSA) is 52.5 Å². The second-order valence-corrected chi connectivity index (χ2v) is 4.52. The van der Waals surface area contributed by atoms with E-state index in [1.54, 1.807) is 26.0 Å². The van der Waals surface area contributed by atoms with Gasteiger partial charge in [-0.3, -0.25) is 0 Å². The molecule has 0 amide bonds. The molecule has 3 heteroatoms. The first-order valence-electron chi connectivity index (χ1n) is 5.09. The van der Waals surface area contributed by atoms with Crippen LogP contribution in [0.15, 0.2) is 18.2 Å². The van der Waals surface area contributed by atoms with Gasteiger partial charge in [0.2, 0.25) is 0 Å². The lowest BCUT2D eigenvalue weighted by Crippen LogP contribution is -2.39. The van der Waals surface area contributed by atoms with Crippen molar-refractivity contribution < 1.29 is 10.2 Å². The standard InChI is InChI=1S/C12H19NO2/c1-8-7-10(14)5-6-11(8)13-9(2)12(3,4)15/h5-7,9,13-15H,1-4H3. The van der Waals surface area contributed by atoms with Crippen molar-refractivity contribution in [3.8, 4) is 5.75 Å². The van der Waals surface area contributed by atoms with Crippen LogP contribution in [0.25, 0.3) is 0 Å². The third-order valence-electron chi connectivity index (χ3n) is 2.64. The monoisotopic (exact) mass is 209 g/mol. The molecule has 0 saturated heterocycles. The molecule has 1 aromatic rings. The molecule has 0 aromatic heterocycles. The second-order valence-electron chi connectivity index (χ2n) is 4.52. The number of anilines is 1. The minimum absolute atomic E-state index is 0.0549. The number of aryl methyl sites for hydroxylation is 1.